The minimum Gasteiger partial charge on any atom is -0.409 e. The van der Waals surface area contributed by atoms with Crippen molar-refractivity contribution in [3.05, 3.63) is 40.9 Å². The molecule has 0 amide bonds. The Labute approximate surface area is 97.0 Å². The molecule has 0 spiro atoms. The maximum atomic E-state index is 12.0. The Bertz CT molecular complexity index is 618. The maximum Gasteiger partial charge on any atom is 0.261 e. The Kier molecular flexibility index (Phi) is 3.04. The molecule has 17 heavy (non-hydrogen) atoms. The van der Waals surface area contributed by atoms with Crippen LogP contribution in [0.5, 0.6) is 0 Å². The number of benzene rings is 1. The van der Waals surface area contributed by atoms with E-state index in [1.165, 1.54) is 10.9 Å². The molecule has 1 heterocycles. The van der Waals surface area contributed by atoms with Gasteiger partial charge in [-0.15, -0.1) is 0 Å². The molecule has 88 valence electrons. The zero-order valence-corrected chi connectivity index (χ0v) is 9.08. The summed E-state index contributed by atoms with van der Waals surface area (Å²) in [5, 5.41) is 11.8. The molecular weight excluding hydrogens is 220 g/mol. The smallest absolute Gasteiger partial charge is 0.261 e. The normalized spacial score (nSPS) is 11.9. The number of hydrogen-bond donors (Lipinski definition) is 2. The second-order valence-electron chi connectivity index (χ2n) is 3.60. The third-order valence-electron chi connectivity index (χ3n) is 2.47. The second-order valence-corrected chi connectivity index (χ2v) is 3.60. The molecule has 0 saturated heterocycles. The molecule has 0 aliphatic heterocycles. The molecule has 0 radical (unpaired) electrons. The predicted octanol–water partition coefficient (Wildman–Crippen LogP) is 0.533. The zero-order valence-electron chi connectivity index (χ0n) is 9.08. The van der Waals surface area contributed by atoms with E-state index in [9.17, 15) is 4.79 Å². The molecule has 0 saturated carbocycles. The van der Waals surface area contributed by atoms with Crippen LogP contribution in [0, 0.1) is 0 Å². The summed E-state index contributed by atoms with van der Waals surface area (Å²) in [5.41, 5.74) is 5.89. The Hall–Kier alpha value is -2.37. The van der Waals surface area contributed by atoms with E-state index in [-0.39, 0.29) is 11.4 Å². The van der Waals surface area contributed by atoms with Crippen molar-refractivity contribution in [3.63, 3.8) is 0 Å². The summed E-state index contributed by atoms with van der Waals surface area (Å²) in [5.74, 6) is 0.0880. The lowest BCUT2D eigenvalue weighted by molar-refractivity contribution is 0.316. The first-order valence-corrected chi connectivity index (χ1v) is 5.13. The predicted molar refractivity (Wildman–Crippen MR) is 64.0 cm³/mol. The van der Waals surface area contributed by atoms with Crippen LogP contribution in [0.1, 0.15) is 6.42 Å². The highest BCUT2D eigenvalue weighted by Gasteiger charge is 2.03. The van der Waals surface area contributed by atoms with Crippen molar-refractivity contribution in [1.29, 1.82) is 0 Å². The first-order chi connectivity index (χ1) is 8.22. The fourth-order valence-electron chi connectivity index (χ4n) is 1.55. The Balaban J connectivity index is 2.36. The van der Waals surface area contributed by atoms with Crippen LogP contribution in [0.3, 0.4) is 0 Å². The number of nitrogens with two attached hydrogens (primary N) is 1. The maximum absolute atomic E-state index is 12.0. The Morgan fingerprint density at radius 3 is 3.00 bits per heavy atom. The van der Waals surface area contributed by atoms with Crippen molar-refractivity contribution in [3.8, 4) is 0 Å². The lowest BCUT2D eigenvalue weighted by atomic mass is 10.2. The van der Waals surface area contributed by atoms with Crippen LogP contribution in [0.25, 0.3) is 10.9 Å². The van der Waals surface area contributed by atoms with Crippen LogP contribution >= 0.6 is 0 Å². The SMILES string of the molecule is NC(CCn1cnc2ccccc2c1=O)=NO. The van der Waals surface area contributed by atoms with Crippen LogP contribution in [0.15, 0.2) is 40.5 Å². The molecule has 6 nitrogen and oxygen atoms in total. The van der Waals surface area contributed by atoms with Gasteiger partial charge >= 0.3 is 0 Å². The van der Waals surface area contributed by atoms with Crippen molar-refractivity contribution in [1.82, 2.24) is 9.55 Å². The first-order valence-electron chi connectivity index (χ1n) is 5.13. The van der Waals surface area contributed by atoms with Gasteiger partial charge in [-0.2, -0.15) is 0 Å². The second kappa shape index (κ2) is 4.65. The summed E-state index contributed by atoms with van der Waals surface area (Å²) in [4.78, 5) is 16.2. The topological polar surface area (TPSA) is 93.5 Å². The molecule has 2 rings (SSSR count). The number of amidine groups is 1. The number of oxime groups is 1. The number of aryl methyl sites for hydroxylation is 1. The lowest BCUT2D eigenvalue weighted by Gasteiger charge is -2.05. The first kappa shape index (κ1) is 11.1. The number of nitrogens with zero attached hydrogens (tertiary/aromatic N) is 3. The van der Waals surface area contributed by atoms with Crippen LogP contribution < -0.4 is 11.3 Å². The molecule has 6 heteroatoms. The van der Waals surface area contributed by atoms with E-state index in [2.05, 4.69) is 10.1 Å². The summed E-state index contributed by atoms with van der Waals surface area (Å²) in [6.07, 6.45) is 1.77. The Morgan fingerprint density at radius 2 is 2.24 bits per heavy atom. The number of hydrogen-bond acceptors (Lipinski definition) is 4. The summed E-state index contributed by atoms with van der Waals surface area (Å²) < 4.78 is 1.44. The van der Waals surface area contributed by atoms with Gasteiger partial charge in [0.1, 0.15) is 5.84 Å². The van der Waals surface area contributed by atoms with Gasteiger partial charge in [-0.1, -0.05) is 17.3 Å². The standard InChI is InChI=1S/C11H12N4O2/c12-10(14-17)5-6-15-7-13-9-4-2-1-3-8(9)11(15)16/h1-4,7,17H,5-6H2,(H2,12,14). The highest BCUT2D eigenvalue weighted by atomic mass is 16.4. The molecule has 2 aromatic rings. The number of para-hydroxylation sites is 1. The molecule has 0 fully saturated rings. The van der Waals surface area contributed by atoms with E-state index < -0.39 is 0 Å². The largest absolute Gasteiger partial charge is 0.409 e. The molecular formula is C11H12N4O2. The summed E-state index contributed by atoms with van der Waals surface area (Å²) in [6, 6.07) is 7.13. The molecule has 0 aliphatic carbocycles. The van der Waals surface area contributed by atoms with E-state index in [1.807, 2.05) is 6.07 Å². The number of aromatic nitrogens is 2. The average Bonchev–Trinajstić information content (AvgIpc) is 2.38. The molecule has 0 atom stereocenters. The van der Waals surface area contributed by atoms with Crippen LogP contribution in [-0.2, 0) is 6.54 Å². The van der Waals surface area contributed by atoms with Crippen LogP contribution in [0.4, 0.5) is 0 Å². The Morgan fingerprint density at radius 1 is 1.47 bits per heavy atom. The highest BCUT2D eigenvalue weighted by Crippen LogP contribution is 2.04. The molecule has 0 unspecified atom stereocenters. The summed E-state index contributed by atoms with van der Waals surface area (Å²) in [6.45, 7) is 0.340. The summed E-state index contributed by atoms with van der Waals surface area (Å²) >= 11 is 0. The lowest BCUT2D eigenvalue weighted by Crippen LogP contribution is -2.23. The van der Waals surface area contributed by atoms with Crippen molar-refractivity contribution in [2.75, 3.05) is 0 Å². The fourth-order valence-corrected chi connectivity index (χ4v) is 1.55. The van der Waals surface area contributed by atoms with Gasteiger partial charge in [0.05, 0.1) is 17.2 Å². The van der Waals surface area contributed by atoms with Gasteiger partial charge in [-0.25, -0.2) is 4.98 Å². The quantitative estimate of drug-likeness (QED) is 0.349. The van der Waals surface area contributed by atoms with Crippen molar-refractivity contribution < 1.29 is 5.21 Å². The summed E-state index contributed by atoms with van der Waals surface area (Å²) in [7, 11) is 0. The van der Waals surface area contributed by atoms with E-state index >= 15 is 0 Å². The fraction of sp³-hybridized carbons (Fsp3) is 0.182. The third-order valence-corrected chi connectivity index (χ3v) is 2.47. The van der Waals surface area contributed by atoms with E-state index in [1.54, 1.807) is 18.2 Å². The van der Waals surface area contributed by atoms with E-state index in [4.69, 9.17) is 10.9 Å². The zero-order chi connectivity index (χ0) is 12.3. The molecule has 0 aliphatic rings. The highest BCUT2D eigenvalue weighted by molar-refractivity contribution is 5.79. The van der Waals surface area contributed by atoms with Crippen molar-refractivity contribution in [2.24, 2.45) is 10.9 Å². The van der Waals surface area contributed by atoms with Gasteiger partial charge in [-0.3, -0.25) is 9.36 Å². The van der Waals surface area contributed by atoms with E-state index in [0.717, 1.165) is 0 Å². The van der Waals surface area contributed by atoms with Crippen LogP contribution in [-0.4, -0.2) is 20.6 Å². The van der Waals surface area contributed by atoms with Crippen molar-refractivity contribution >= 4 is 16.7 Å². The van der Waals surface area contributed by atoms with Crippen molar-refractivity contribution in [2.45, 2.75) is 13.0 Å². The van der Waals surface area contributed by atoms with E-state index in [0.29, 0.717) is 23.9 Å². The average molecular weight is 232 g/mol. The van der Waals surface area contributed by atoms with Gasteiger partial charge in [-0.05, 0) is 12.1 Å². The number of fused-ring (bicyclic) bond motifs is 1. The van der Waals surface area contributed by atoms with Gasteiger partial charge in [0.2, 0.25) is 0 Å². The minimum absolute atomic E-state index is 0.0880. The molecule has 1 aromatic carbocycles. The molecule has 0 bridgehead atoms. The van der Waals surface area contributed by atoms with Crippen LogP contribution in [0.2, 0.25) is 0 Å². The minimum atomic E-state index is -0.124. The van der Waals surface area contributed by atoms with Gasteiger partial charge in [0, 0.05) is 13.0 Å². The monoisotopic (exact) mass is 232 g/mol. The van der Waals surface area contributed by atoms with Gasteiger partial charge < -0.3 is 10.9 Å². The molecule has 1 aromatic heterocycles. The molecule has 3 N–H and O–H groups in total. The van der Waals surface area contributed by atoms with Gasteiger partial charge in [0.25, 0.3) is 5.56 Å². The van der Waals surface area contributed by atoms with Gasteiger partial charge in [0.15, 0.2) is 0 Å². The number of rotatable bonds is 3. The third kappa shape index (κ3) is 2.25.